The van der Waals surface area contributed by atoms with Crippen LogP contribution in [0.25, 0.3) is 0 Å². The zero-order valence-corrected chi connectivity index (χ0v) is 9.11. The van der Waals surface area contributed by atoms with E-state index in [9.17, 15) is 0 Å². The van der Waals surface area contributed by atoms with Gasteiger partial charge in [0.15, 0.2) is 0 Å². The molecule has 0 radical (unpaired) electrons. The normalized spacial score (nSPS) is 26.7. The first-order valence-electron chi connectivity index (χ1n) is 5.63. The Morgan fingerprint density at radius 1 is 1.60 bits per heavy atom. The van der Waals surface area contributed by atoms with E-state index in [1.807, 2.05) is 6.07 Å². The molecule has 0 amide bonds. The molecule has 0 saturated carbocycles. The van der Waals surface area contributed by atoms with Gasteiger partial charge in [0.2, 0.25) is 0 Å². The third-order valence-corrected chi connectivity index (χ3v) is 2.88. The highest BCUT2D eigenvalue weighted by atomic mass is 16.5. The van der Waals surface area contributed by atoms with Crippen molar-refractivity contribution in [3.05, 3.63) is 18.0 Å². The van der Waals surface area contributed by atoms with E-state index in [4.69, 9.17) is 9.26 Å². The quantitative estimate of drug-likeness (QED) is 0.822. The summed E-state index contributed by atoms with van der Waals surface area (Å²) in [5.41, 5.74) is 0. The van der Waals surface area contributed by atoms with E-state index >= 15 is 0 Å². The van der Waals surface area contributed by atoms with E-state index in [1.54, 1.807) is 6.20 Å². The predicted molar refractivity (Wildman–Crippen MR) is 56.4 cm³/mol. The molecule has 1 N–H and O–H groups in total. The van der Waals surface area contributed by atoms with Crippen molar-refractivity contribution >= 4 is 0 Å². The molecule has 4 heteroatoms. The molecule has 0 bridgehead atoms. The monoisotopic (exact) mass is 210 g/mol. The van der Waals surface area contributed by atoms with Crippen LogP contribution in [-0.4, -0.2) is 23.9 Å². The molecule has 2 unspecified atom stereocenters. The van der Waals surface area contributed by atoms with Gasteiger partial charge in [-0.1, -0.05) is 12.1 Å². The minimum atomic E-state index is 0.422. The number of rotatable bonds is 4. The average molecular weight is 210 g/mol. The molecule has 1 aromatic heterocycles. The molecule has 0 spiro atoms. The highest BCUT2D eigenvalue weighted by molar-refractivity contribution is 4.92. The third kappa shape index (κ3) is 3.04. The standard InChI is InChI=1S/C11H18N2O2/c1-2-10-7-9(4-6-14-10)12-8-11-3-5-13-15-11/h3,5,9-10,12H,2,4,6-8H2,1H3. The summed E-state index contributed by atoms with van der Waals surface area (Å²) in [6, 6.07) is 2.44. The fourth-order valence-corrected chi connectivity index (χ4v) is 1.93. The van der Waals surface area contributed by atoms with E-state index < -0.39 is 0 Å². The van der Waals surface area contributed by atoms with Gasteiger partial charge in [-0.05, 0) is 19.3 Å². The van der Waals surface area contributed by atoms with Gasteiger partial charge in [0.1, 0.15) is 5.76 Å². The maximum atomic E-state index is 5.62. The Morgan fingerprint density at radius 2 is 2.53 bits per heavy atom. The van der Waals surface area contributed by atoms with Crippen molar-refractivity contribution in [3.8, 4) is 0 Å². The van der Waals surface area contributed by atoms with E-state index in [0.717, 1.165) is 38.2 Å². The number of nitrogens with zero attached hydrogens (tertiary/aromatic N) is 1. The lowest BCUT2D eigenvalue weighted by Crippen LogP contribution is -2.38. The fraction of sp³-hybridized carbons (Fsp3) is 0.727. The summed E-state index contributed by atoms with van der Waals surface area (Å²) in [7, 11) is 0. The van der Waals surface area contributed by atoms with Crippen LogP contribution in [-0.2, 0) is 11.3 Å². The second-order valence-corrected chi connectivity index (χ2v) is 3.98. The van der Waals surface area contributed by atoms with Crippen LogP contribution in [0.4, 0.5) is 0 Å². The lowest BCUT2D eigenvalue weighted by Gasteiger charge is -2.29. The second-order valence-electron chi connectivity index (χ2n) is 3.98. The summed E-state index contributed by atoms with van der Waals surface area (Å²) < 4.78 is 10.7. The highest BCUT2D eigenvalue weighted by Gasteiger charge is 2.20. The Balaban J connectivity index is 1.74. The molecule has 2 rings (SSSR count). The van der Waals surface area contributed by atoms with Crippen LogP contribution in [0.2, 0.25) is 0 Å². The number of hydrogen-bond acceptors (Lipinski definition) is 4. The van der Waals surface area contributed by atoms with E-state index in [-0.39, 0.29) is 0 Å². The molecule has 15 heavy (non-hydrogen) atoms. The minimum absolute atomic E-state index is 0.422. The summed E-state index contributed by atoms with van der Waals surface area (Å²) in [6.45, 7) is 3.80. The van der Waals surface area contributed by atoms with Gasteiger partial charge < -0.3 is 14.6 Å². The van der Waals surface area contributed by atoms with Crippen molar-refractivity contribution in [3.63, 3.8) is 0 Å². The molecular weight excluding hydrogens is 192 g/mol. The van der Waals surface area contributed by atoms with Crippen LogP contribution in [0.15, 0.2) is 16.8 Å². The van der Waals surface area contributed by atoms with Gasteiger partial charge >= 0.3 is 0 Å². The lowest BCUT2D eigenvalue weighted by molar-refractivity contribution is -0.000645. The number of nitrogens with one attached hydrogen (secondary N) is 1. The highest BCUT2D eigenvalue weighted by Crippen LogP contribution is 2.16. The smallest absolute Gasteiger partial charge is 0.150 e. The van der Waals surface area contributed by atoms with Crippen molar-refractivity contribution in [1.82, 2.24) is 10.5 Å². The van der Waals surface area contributed by atoms with Crippen LogP contribution < -0.4 is 5.32 Å². The molecule has 1 fully saturated rings. The van der Waals surface area contributed by atoms with Gasteiger partial charge in [-0.2, -0.15) is 0 Å². The topological polar surface area (TPSA) is 47.3 Å². The molecule has 2 atom stereocenters. The molecule has 1 aromatic rings. The Labute approximate surface area is 90.0 Å². The van der Waals surface area contributed by atoms with Crippen molar-refractivity contribution < 1.29 is 9.26 Å². The Kier molecular flexibility index (Phi) is 3.75. The maximum absolute atomic E-state index is 5.62. The minimum Gasteiger partial charge on any atom is -0.378 e. The summed E-state index contributed by atoms with van der Waals surface area (Å²) in [5, 5.41) is 7.15. The molecule has 1 aliphatic rings. The summed E-state index contributed by atoms with van der Waals surface area (Å²) in [6.07, 6.45) is 5.39. The zero-order valence-electron chi connectivity index (χ0n) is 9.11. The number of aromatic nitrogens is 1. The Bertz CT molecular complexity index is 274. The SMILES string of the molecule is CCC1CC(NCc2ccno2)CCO1. The van der Waals surface area contributed by atoms with Crippen LogP contribution in [0.5, 0.6) is 0 Å². The van der Waals surface area contributed by atoms with Crippen LogP contribution in [0.3, 0.4) is 0 Å². The van der Waals surface area contributed by atoms with Gasteiger partial charge in [-0.15, -0.1) is 0 Å². The predicted octanol–water partition coefficient (Wildman–Crippen LogP) is 1.72. The number of hydrogen-bond donors (Lipinski definition) is 1. The molecule has 0 aromatic carbocycles. The first-order valence-corrected chi connectivity index (χ1v) is 5.63. The van der Waals surface area contributed by atoms with E-state index in [0.29, 0.717) is 12.1 Å². The van der Waals surface area contributed by atoms with Gasteiger partial charge in [-0.3, -0.25) is 0 Å². The lowest BCUT2D eigenvalue weighted by atomic mass is 10.0. The van der Waals surface area contributed by atoms with Crippen molar-refractivity contribution in [1.29, 1.82) is 0 Å². The largest absolute Gasteiger partial charge is 0.378 e. The second kappa shape index (κ2) is 5.28. The Morgan fingerprint density at radius 3 is 3.27 bits per heavy atom. The molecular formula is C11H18N2O2. The first-order chi connectivity index (χ1) is 7.38. The fourth-order valence-electron chi connectivity index (χ4n) is 1.93. The van der Waals surface area contributed by atoms with Crippen LogP contribution >= 0.6 is 0 Å². The molecule has 84 valence electrons. The molecule has 2 heterocycles. The van der Waals surface area contributed by atoms with Gasteiger partial charge in [-0.25, -0.2) is 0 Å². The number of ether oxygens (including phenoxy) is 1. The summed E-state index contributed by atoms with van der Waals surface area (Å²) >= 11 is 0. The molecule has 0 aliphatic carbocycles. The summed E-state index contributed by atoms with van der Waals surface area (Å²) in [5.74, 6) is 0.898. The molecule has 1 saturated heterocycles. The zero-order chi connectivity index (χ0) is 10.5. The van der Waals surface area contributed by atoms with E-state index in [2.05, 4.69) is 17.4 Å². The molecule has 4 nitrogen and oxygen atoms in total. The van der Waals surface area contributed by atoms with Gasteiger partial charge in [0, 0.05) is 18.7 Å². The van der Waals surface area contributed by atoms with Crippen molar-refractivity contribution in [2.24, 2.45) is 0 Å². The molecule has 1 aliphatic heterocycles. The third-order valence-electron chi connectivity index (χ3n) is 2.88. The first kappa shape index (κ1) is 10.6. The van der Waals surface area contributed by atoms with Crippen molar-refractivity contribution in [2.75, 3.05) is 6.61 Å². The Hall–Kier alpha value is -0.870. The van der Waals surface area contributed by atoms with Crippen LogP contribution in [0.1, 0.15) is 31.9 Å². The van der Waals surface area contributed by atoms with Gasteiger partial charge in [0.05, 0.1) is 18.8 Å². The van der Waals surface area contributed by atoms with Crippen molar-refractivity contribution in [2.45, 2.75) is 44.9 Å². The van der Waals surface area contributed by atoms with Crippen LogP contribution in [0, 0.1) is 0 Å². The van der Waals surface area contributed by atoms with Gasteiger partial charge in [0.25, 0.3) is 0 Å². The maximum Gasteiger partial charge on any atom is 0.150 e. The summed E-state index contributed by atoms with van der Waals surface area (Å²) in [4.78, 5) is 0. The van der Waals surface area contributed by atoms with E-state index in [1.165, 1.54) is 0 Å². The average Bonchev–Trinajstić information content (AvgIpc) is 2.79.